The monoisotopic (exact) mass is 315 g/mol. The van der Waals surface area contributed by atoms with E-state index in [0.29, 0.717) is 11.4 Å². The van der Waals surface area contributed by atoms with Gasteiger partial charge in [-0.15, -0.1) is 0 Å². The molecule has 3 N–H and O–H groups in total. The molecule has 0 bridgehead atoms. The van der Waals surface area contributed by atoms with Crippen LogP contribution in [-0.4, -0.2) is 26.5 Å². The van der Waals surface area contributed by atoms with Crippen molar-refractivity contribution in [1.82, 2.24) is 9.55 Å². The van der Waals surface area contributed by atoms with Crippen molar-refractivity contribution in [2.45, 2.75) is 19.3 Å². The van der Waals surface area contributed by atoms with Crippen LogP contribution in [0, 0.1) is 0 Å². The van der Waals surface area contributed by atoms with Crippen LogP contribution in [0.5, 0.6) is 0 Å². The molecule has 2 heterocycles. The molecule has 2 aromatic rings. The Morgan fingerprint density at radius 3 is 2.57 bits per heavy atom. The molecule has 0 fully saturated rings. The first-order valence-electron chi connectivity index (χ1n) is 6.77. The van der Waals surface area contributed by atoms with E-state index in [0.717, 1.165) is 16.3 Å². The Kier molecular flexibility index (Phi) is 3.00. The maximum atomic E-state index is 12.0. The third-order valence-corrected chi connectivity index (χ3v) is 3.94. The quantitative estimate of drug-likeness (QED) is 0.743. The summed E-state index contributed by atoms with van der Waals surface area (Å²) in [5.41, 5.74) is -1.29. The van der Waals surface area contributed by atoms with Gasteiger partial charge in [0.1, 0.15) is 5.56 Å². The normalized spacial score (nSPS) is 15.1. The number of anilines is 1. The number of benzene rings is 1. The highest BCUT2D eigenvalue weighted by atomic mass is 16.4. The van der Waals surface area contributed by atoms with Gasteiger partial charge in [0, 0.05) is 11.9 Å². The summed E-state index contributed by atoms with van der Waals surface area (Å²) in [5, 5.41) is 11.7. The standard InChI is InChI=1S/C15H13N3O5/c1-15(2)9-4-3-7(5-10(9)16-13(15)22)18-6-8(12(20)21)11(19)17-14(18)23/h3-6H,1-2H3,(H,16,22)(H,20,21)(H,17,19,23). The van der Waals surface area contributed by atoms with Gasteiger partial charge >= 0.3 is 11.7 Å². The van der Waals surface area contributed by atoms with E-state index in [9.17, 15) is 19.2 Å². The first kappa shape index (κ1) is 14.8. The van der Waals surface area contributed by atoms with Gasteiger partial charge in [0.2, 0.25) is 5.91 Å². The number of aromatic amines is 1. The van der Waals surface area contributed by atoms with E-state index in [1.807, 2.05) is 4.98 Å². The summed E-state index contributed by atoms with van der Waals surface area (Å²) in [7, 11) is 0. The van der Waals surface area contributed by atoms with Gasteiger partial charge in [-0.3, -0.25) is 19.1 Å². The maximum absolute atomic E-state index is 12.0. The highest BCUT2D eigenvalue weighted by Gasteiger charge is 2.38. The predicted molar refractivity (Wildman–Crippen MR) is 81.3 cm³/mol. The van der Waals surface area contributed by atoms with Crippen LogP contribution >= 0.6 is 0 Å². The van der Waals surface area contributed by atoms with Crippen molar-refractivity contribution in [3.05, 3.63) is 56.4 Å². The van der Waals surface area contributed by atoms with Gasteiger partial charge in [-0.2, -0.15) is 0 Å². The molecule has 1 aromatic heterocycles. The third kappa shape index (κ3) is 2.15. The maximum Gasteiger partial charge on any atom is 0.342 e. The summed E-state index contributed by atoms with van der Waals surface area (Å²) in [4.78, 5) is 48.4. The van der Waals surface area contributed by atoms with Crippen LogP contribution in [0.1, 0.15) is 29.8 Å². The number of carboxylic acids is 1. The average molecular weight is 315 g/mol. The van der Waals surface area contributed by atoms with Crippen LogP contribution in [0.25, 0.3) is 5.69 Å². The highest BCUT2D eigenvalue weighted by molar-refractivity contribution is 6.05. The van der Waals surface area contributed by atoms with E-state index in [4.69, 9.17) is 5.11 Å². The van der Waals surface area contributed by atoms with Crippen molar-refractivity contribution in [1.29, 1.82) is 0 Å². The zero-order chi connectivity index (χ0) is 16.9. The van der Waals surface area contributed by atoms with E-state index in [1.54, 1.807) is 32.0 Å². The van der Waals surface area contributed by atoms with Gasteiger partial charge < -0.3 is 10.4 Å². The molecule has 8 nitrogen and oxygen atoms in total. The van der Waals surface area contributed by atoms with Crippen molar-refractivity contribution < 1.29 is 14.7 Å². The van der Waals surface area contributed by atoms with Crippen molar-refractivity contribution >= 4 is 17.6 Å². The summed E-state index contributed by atoms with van der Waals surface area (Å²) in [6, 6.07) is 4.85. The molecular formula is C15H13N3O5. The van der Waals surface area contributed by atoms with Gasteiger partial charge in [0.05, 0.1) is 11.1 Å². The number of carbonyl (C=O) groups excluding carboxylic acids is 1. The molecule has 3 rings (SSSR count). The SMILES string of the molecule is CC1(C)C(=O)Nc2cc(-n3cc(C(=O)O)c(=O)[nH]c3=O)ccc21. The number of nitrogens with one attached hydrogen (secondary N) is 2. The Labute approximate surface area is 129 Å². The Morgan fingerprint density at radius 1 is 1.22 bits per heavy atom. The second-order valence-corrected chi connectivity index (χ2v) is 5.79. The molecular weight excluding hydrogens is 302 g/mol. The number of fused-ring (bicyclic) bond motifs is 1. The average Bonchev–Trinajstić information content (AvgIpc) is 2.68. The minimum absolute atomic E-state index is 0.162. The van der Waals surface area contributed by atoms with Gasteiger partial charge in [-0.25, -0.2) is 9.59 Å². The lowest BCUT2D eigenvalue weighted by molar-refractivity contribution is -0.119. The summed E-state index contributed by atoms with van der Waals surface area (Å²) in [6.07, 6.45) is 0.965. The largest absolute Gasteiger partial charge is 0.477 e. The molecule has 1 amide bonds. The Bertz CT molecular complexity index is 968. The number of amides is 1. The molecule has 8 heteroatoms. The number of carbonyl (C=O) groups is 2. The van der Waals surface area contributed by atoms with Crippen molar-refractivity contribution in [2.75, 3.05) is 5.32 Å². The first-order valence-corrected chi connectivity index (χ1v) is 6.77. The fraction of sp³-hybridized carbons (Fsp3) is 0.200. The lowest BCUT2D eigenvalue weighted by Crippen LogP contribution is -2.32. The molecule has 1 aliphatic heterocycles. The van der Waals surface area contributed by atoms with Crippen molar-refractivity contribution in [3.63, 3.8) is 0 Å². The van der Waals surface area contributed by atoms with Crippen molar-refractivity contribution in [3.8, 4) is 5.69 Å². The molecule has 1 aromatic carbocycles. The molecule has 118 valence electrons. The van der Waals surface area contributed by atoms with Gasteiger partial charge in [0.15, 0.2) is 0 Å². The molecule has 0 radical (unpaired) electrons. The number of hydrogen-bond acceptors (Lipinski definition) is 4. The molecule has 0 aliphatic carbocycles. The second-order valence-electron chi connectivity index (χ2n) is 5.79. The van der Waals surface area contributed by atoms with Crippen LogP contribution in [0.3, 0.4) is 0 Å². The van der Waals surface area contributed by atoms with E-state index < -0.39 is 28.2 Å². The van der Waals surface area contributed by atoms with Gasteiger partial charge in [-0.05, 0) is 31.5 Å². The number of aromatic carboxylic acids is 1. The molecule has 0 saturated carbocycles. The van der Waals surface area contributed by atoms with E-state index in [2.05, 4.69) is 5.32 Å². The lowest BCUT2D eigenvalue weighted by atomic mass is 9.86. The fourth-order valence-electron chi connectivity index (χ4n) is 2.55. The Balaban J connectivity index is 2.19. The number of rotatable bonds is 2. The van der Waals surface area contributed by atoms with Crippen molar-refractivity contribution in [2.24, 2.45) is 0 Å². The Morgan fingerprint density at radius 2 is 1.91 bits per heavy atom. The summed E-state index contributed by atoms with van der Waals surface area (Å²) < 4.78 is 1.02. The summed E-state index contributed by atoms with van der Waals surface area (Å²) in [6.45, 7) is 3.56. The van der Waals surface area contributed by atoms with Crippen LogP contribution in [0.4, 0.5) is 5.69 Å². The van der Waals surface area contributed by atoms with Crippen LogP contribution in [0.15, 0.2) is 34.0 Å². The number of hydrogen-bond donors (Lipinski definition) is 3. The van der Waals surface area contributed by atoms with E-state index >= 15 is 0 Å². The molecule has 0 unspecified atom stereocenters. The molecule has 23 heavy (non-hydrogen) atoms. The highest BCUT2D eigenvalue weighted by Crippen LogP contribution is 2.37. The Hall–Kier alpha value is -3.16. The van der Waals surface area contributed by atoms with Crippen LogP contribution < -0.4 is 16.6 Å². The van der Waals surface area contributed by atoms with Gasteiger partial charge in [-0.1, -0.05) is 6.07 Å². The molecule has 1 aliphatic rings. The zero-order valence-electron chi connectivity index (χ0n) is 12.3. The molecule has 0 saturated heterocycles. The lowest BCUT2D eigenvalue weighted by Gasteiger charge is -2.15. The molecule has 0 atom stereocenters. The smallest absolute Gasteiger partial charge is 0.342 e. The van der Waals surface area contributed by atoms with Crippen LogP contribution in [-0.2, 0) is 10.2 Å². The van der Waals surface area contributed by atoms with Crippen LogP contribution in [0.2, 0.25) is 0 Å². The fourth-order valence-corrected chi connectivity index (χ4v) is 2.55. The number of nitrogens with zero attached hydrogens (tertiary/aromatic N) is 1. The number of carboxylic acid groups (broad SMARTS) is 1. The van der Waals surface area contributed by atoms with E-state index in [1.165, 1.54) is 0 Å². The predicted octanol–water partition coefficient (Wildman–Crippen LogP) is 0.454. The first-order chi connectivity index (χ1) is 10.7. The second kappa shape index (κ2) is 4.67. The van der Waals surface area contributed by atoms with E-state index in [-0.39, 0.29) is 5.91 Å². The number of aromatic nitrogens is 2. The molecule has 0 spiro atoms. The number of H-pyrrole nitrogens is 1. The zero-order valence-corrected chi connectivity index (χ0v) is 12.3. The minimum atomic E-state index is -1.43. The summed E-state index contributed by atoms with van der Waals surface area (Å²) >= 11 is 0. The third-order valence-electron chi connectivity index (χ3n) is 3.94. The minimum Gasteiger partial charge on any atom is -0.477 e. The topological polar surface area (TPSA) is 121 Å². The van der Waals surface area contributed by atoms with Gasteiger partial charge in [0.25, 0.3) is 5.56 Å². The summed E-state index contributed by atoms with van der Waals surface area (Å²) in [5.74, 6) is -1.60.